The van der Waals surface area contributed by atoms with Crippen LogP contribution in [0.3, 0.4) is 0 Å². The number of ether oxygens (including phenoxy) is 1. The van der Waals surface area contributed by atoms with Crippen molar-refractivity contribution in [2.24, 2.45) is 0 Å². The highest BCUT2D eigenvalue weighted by Crippen LogP contribution is 2.47. The quantitative estimate of drug-likeness (QED) is 0.0216. The molecule has 5 aromatic carbocycles. The number of nitrogens with zero attached hydrogens (tertiary/aromatic N) is 2. The Balaban J connectivity index is 0.000000358. The van der Waals surface area contributed by atoms with Crippen molar-refractivity contribution in [3.05, 3.63) is 162 Å². The average molecular weight is 1710 g/mol. The molecule has 0 fully saturated rings. The van der Waals surface area contributed by atoms with Crippen molar-refractivity contribution in [1.82, 2.24) is 4.58 Å². The van der Waals surface area contributed by atoms with Crippen LogP contribution in [0.1, 0.15) is 467 Å². The number of halogens is 4. The summed E-state index contributed by atoms with van der Waals surface area (Å²) in [7, 11) is 0. The number of hydrogen-bond donors (Lipinski definition) is 0. The molecule has 3 aliphatic rings. The molecule has 0 spiro atoms. The van der Waals surface area contributed by atoms with E-state index >= 15 is 8.78 Å². The van der Waals surface area contributed by atoms with Crippen molar-refractivity contribution < 1.29 is 17.9 Å². The largest absolute Gasteiger partial charge is 0.456 e. The predicted molar refractivity (Wildman–Crippen MR) is 534 cm³/mol. The fraction of sp³-hybridized carbons (Fsp3) is 0.658. The van der Waals surface area contributed by atoms with Crippen LogP contribution in [0, 0.1) is 25.5 Å². The molecule has 1 aliphatic carbocycles. The van der Waals surface area contributed by atoms with Gasteiger partial charge in [-0.2, -0.15) is 0 Å². The number of benzene rings is 6. The van der Waals surface area contributed by atoms with Crippen LogP contribution in [0.25, 0.3) is 45.1 Å². The van der Waals surface area contributed by atoms with E-state index in [-0.39, 0.29) is 5.56 Å². The lowest BCUT2D eigenvalue weighted by Gasteiger charge is -2.26. The maximum atomic E-state index is 15.4. The third-order valence-electron chi connectivity index (χ3n) is 26.5. The van der Waals surface area contributed by atoms with Gasteiger partial charge < -0.3 is 14.1 Å². The Bertz CT molecular complexity index is 4000. The van der Waals surface area contributed by atoms with Gasteiger partial charge in [-0.05, 0) is 154 Å². The minimum atomic E-state index is -0.546. The van der Waals surface area contributed by atoms with Gasteiger partial charge in [0.05, 0.1) is 11.6 Å². The molecule has 5 aromatic rings. The van der Waals surface area contributed by atoms with E-state index in [0.717, 1.165) is 106 Å². The molecule has 4 nitrogen and oxygen atoms in total. The van der Waals surface area contributed by atoms with Crippen LogP contribution >= 0.6 is 23.2 Å². The van der Waals surface area contributed by atoms with Gasteiger partial charge in [0.1, 0.15) is 47.6 Å². The fourth-order valence-corrected chi connectivity index (χ4v) is 19.4. The topological polar surface area (TPSA) is 28.6 Å². The van der Waals surface area contributed by atoms with Crippen LogP contribution in [0.5, 0.6) is 11.5 Å². The monoisotopic (exact) mass is 1710 g/mol. The summed E-state index contributed by atoms with van der Waals surface area (Å²) in [4.78, 5) is 2.67. The van der Waals surface area contributed by atoms with Crippen molar-refractivity contribution in [3.63, 3.8) is 0 Å². The molecular weight excluding hydrogens is 1540 g/mol. The number of hydrogen-bond acceptors (Lipinski definition) is 3. The number of unbranched alkanes of at least 4 members (excludes halogenated alkanes) is 56. The summed E-state index contributed by atoms with van der Waals surface area (Å²) in [5.41, 5.74) is 10.1. The Morgan fingerprint density at radius 1 is 0.352 bits per heavy atom. The Labute approximate surface area is 756 Å². The highest BCUT2D eigenvalue weighted by molar-refractivity contribution is 6.40. The number of anilines is 1. The highest BCUT2D eigenvalue weighted by atomic mass is 35.5. The predicted octanol–water partition coefficient (Wildman–Crippen LogP) is 36.7. The molecule has 0 bridgehead atoms. The minimum absolute atomic E-state index is 0.0253. The first-order valence-corrected chi connectivity index (χ1v) is 52.6. The number of aryl methyl sites for hydroxylation is 3. The molecule has 2 heterocycles. The lowest BCUT2D eigenvalue weighted by molar-refractivity contribution is 0.469. The Kier molecular flexibility index (Phi) is 55.4. The van der Waals surface area contributed by atoms with Gasteiger partial charge in [-0.3, -0.25) is 0 Å². The first-order chi connectivity index (χ1) is 60.0. The second kappa shape index (κ2) is 65.2. The Hall–Kier alpha value is -5.43. The van der Waals surface area contributed by atoms with Gasteiger partial charge in [0.25, 0.3) is 0 Å². The molecular formula is C114H175Cl2F2N2O2+. The van der Waals surface area contributed by atoms with Crippen LogP contribution in [0.2, 0.25) is 10.0 Å². The first kappa shape index (κ1) is 104. The van der Waals surface area contributed by atoms with Gasteiger partial charge in [-0.25, -0.2) is 13.4 Å². The average Bonchev–Trinajstić information content (AvgIpc) is 0.742. The fourth-order valence-electron chi connectivity index (χ4n) is 18.8. The molecule has 122 heavy (non-hydrogen) atoms. The summed E-state index contributed by atoms with van der Waals surface area (Å²) < 4.78 is 47.3. The van der Waals surface area contributed by atoms with E-state index in [9.17, 15) is 0 Å². The molecule has 8 rings (SSSR count). The van der Waals surface area contributed by atoms with E-state index in [1.807, 2.05) is 18.2 Å². The van der Waals surface area contributed by atoms with Crippen molar-refractivity contribution >= 4 is 51.5 Å². The molecule has 2 aliphatic heterocycles. The molecule has 0 N–H and O–H groups in total. The van der Waals surface area contributed by atoms with Crippen LogP contribution < -0.4 is 30.0 Å². The van der Waals surface area contributed by atoms with Crippen LogP contribution in [-0.4, -0.2) is 26.2 Å². The zero-order valence-electron chi connectivity index (χ0n) is 79.4. The third-order valence-corrected chi connectivity index (χ3v) is 27.1. The maximum Gasteiger partial charge on any atom is 0.203 e. The Morgan fingerprint density at radius 3 is 1.20 bits per heavy atom. The van der Waals surface area contributed by atoms with Gasteiger partial charge in [-0.15, -0.1) is 0 Å². The van der Waals surface area contributed by atoms with Gasteiger partial charge >= 0.3 is 0 Å². The SMILES string of the molecule is CCCCCCCCCCCC/C=c1/cc2c(cc1C)=C(c1c(F)cccc1F)c1cc(C)c(CCCCCCCCCCCCC)cc1O2.CCCCCCCCCCCCN(CCCCCCCCCCCC)c1ccc2c(-c3c(Cl)cccc3Cl)c3ccc(=[N+](CCCCCCCCCCCC)CCCCCCCCCCCC)cc-3oc2c1. The van der Waals surface area contributed by atoms with E-state index in [4.69, 9.17) is 32.4 Å². The normalized spacial score (nSPS) is 12.1. The molecule has 680 valence electrons. The molecule has 0 saturated heterocycles. The van der Waals surface area contributed by atoms with Gasteiger partial charge in [0.15, 0.2) is 0 Å². The van der Waals surface area contributed by atoms with Crippen molar-refractivity contribution in [1.29, 1.82) is 0 Å². The number of rotatable bonds is 70. The van der Waals surface area contributed by atoms with E-state index in [0.29, 0.717) is 27.1 Å². The van der Waals surface area contributed by atoms with E-state index in [2.05, 4.69) is 132 Å². The van der Waals surface area contributed by atoms with E-state index in [1.54, 1.807) is 0 Å². The molecule has 0 saturated carbocycles. The van der Waals surface area contributed by atoms with Crippen LogP contribution in [-0.2, 0) is 6.42 Å². The van der Waals surface area contributed by atoms with Crippen molar-refractivity contribution in [2.45, 2.75) is 460 Å². The second-order valence-corrected chi connectivity index (χ2v) is 38.0. The lowest BCUT2D eigenvalue weighted by atomic mass is 9.88. The van der Waals surface area contributed by atoms with Gasteiger partial charge in [0, 0.05) is 92.2 Å². The minimum Gasteiger partial charge on any atom is -0.456 e. The molecule has 0 atom stereocenters. The smallest absolute Gasteiger partial charge is 0.203 e. The zero-order valence-corrected chi connectivity index (χ0v) is 80.9. The summed E-state index contributed by atoms with van der Waals surface area (Å²) in [6, 6.07) is 32.4. The summed E-state index contributed by atoms with van der Waals surface area (Å²) >= 11 is 14.2. The molecule has 0 amide bonds. The second-order valence-electron chi connectivity index (χ2n) is 37.2. The zero-order chi connectivity index (χ0) is 86.7. The van der Waals surface area contributed by atoms with E-state index < -0.39 is 11.6 Å². The molecule has 0 aromatic heterocycles. The summed E-state index contributed by atoms with van der Waals surface area (Å²) in [5, 5.41) is 5.60. The lowest BCUT2D eigenvalue weighted by Crippen LogP contribution is -2.32. The summed E-state index contributed by atoms with van der Waals surface area (Å²) in [6.07, 6.45) is 86.4. The van der Waals surface area contributed by atoms with Gasteiger partial charge in [-0.1, -0.05) is 423 Å². The number of fused-ring (bicyclic) bond motifs is 4. The van der Waals surface area contributed by atoms with Crippen molar-refractivity contribution in [3.8, 4) is 33.9 Å². The molecule has 0 radical (unpaired) electrons. The van der Waals surface area contributed by atoms with Gasteiger partial charge in [0.2, 0.25) is 5.36 Å². The standard InChI is InChI=1S/C67H109Cl2N2O.C47H66F2O/c1-5-9-13-17-21-25-29-33-37-41-52-70(53-42-38-34-30-26-22-18-14-10-6-2)58-48-50-60-64(56-58)72-65-57-59(49-51-61(65)66(60)67-62(68)46-45-47-63(67)69)71(54-43-39-35-31-27-23-19-15-11-7-3)55-44-40-36-32-28-24-20-16-12-8-4;1-5-7-9-11-13-15-17-19-21-23-25-28-38-34-44-40(32-36(38)3)46(47-42(48)30-27-31-43(47)49)41-33-37(4)39(35-45(41)50-44)29-26-24-22-20-18-16-14-12-10-8-6-2/h45-51,56-57H,5-44,52-55H2,1-4H3;27-28,30-35H,5-26,29H2,1-4H3/q+1;/b;38-28-. The first-order valence-electron chi connectivity index (χ1n) is 51.9. The van der Waals surface area contributed by atoms with E-state index in [1.165, 1.54) is 420 Å². The summed E-state index contributed by atoms with van der Waals surface area (Å²) in [6.45, 7) is 22.4. The third kappa shape index (κ3) is 39.0. The molecule has 0 unspecified atom stereocenters. The molecule has 8 heteroatoms. The van der Waals surface area contributed by atoms with Crippen molar-refractivity contribution in [2.75, 3.05) is 31.1 Å². The van der Waals surface area contributed by atoms with Crippen LogP contribution in [0.15, 0.2) is 101 Å². The highest BCUT2D eigenvalue weighted by Gasteiger charge is 2.28. The summed E-state index contributed by atoms with van der Waals surface area (Å²) in [5.74, 6) is 1.20. The Morgan fingerprint density at radius 2 is 0.754 bits per heavy atom. The maximum absolute atomic E-state index is 15.4. The van der Waals surface area contributed by atoms with Crippen LogP contribution in [0.4, 0.5) is 14.5 Å².